The number of rotatable bonds is 5. The normalized spacial score (nSPS) is 13.8. The van der Waals surface area contributed by atoms with Crippen molar-refractivity contribution in [2.24, 2.45) is 5.73 Å². The van der Waals surface area contributed by atoms with E-state index < -0.39 is 0 Å². The molecular formula is C16H18ClNO. The first-order chi connectivity index (χ1) is 9.15. The highest BCUT2D eigenvalue weighted by atomic mass is 35.5. The summed E-state index contributed by atoms with van der Waals surface area (Å²) in [6, 6.07) is 17.5. The monoisotopic (exact) mass is 275 g/mol. The zero-order valence-electron chi connectivity index (χ0n) is 10.9. The maximum Gasteiger partial charge on any atom is 0.119 e. The van der Waals surface area contributed by atoms with Crippen molar-refractivity contribution >= 4 is 11.6 Å². The summed E-state index contributed by atoms with van der Waals surface area (Å²) in [5, 5.41) is 0.741. The van der Waals surface area contributed by atoms with Crippen LogP contribution in [0.25, 0.3) is 0 Å². The lowest BCUT2D eigenvalue weighted by Crippen LogP contribution is -2.38. The Hall–Kier alpha value is -1.51. The Bertz CT molecular complexity index is 496. The van der Waals surface area contributed by atoms with Crippen LogP contribution in [-0.4, -0.2) is 12.1 Å². The standard InChI is InChI=1S/C16H18ClNO/c1-12(18)16(19-15-5-3-2-4-6-15)11-13-7-9-14(17)10-8-13/h2-10,12,16H,11,18H2,1H3. The fourth-order valence-electron chi connectivity index (χ4n) is 1.86. The molecular weight excluding hydrogens is 258 g/mol. The average Bonchev–Trinajstić information content (AvgIpc) is 2.41. The Labute approximate surface area is 119 Å². The maximum absolute atomic E-state index is 6.01. The van der Waals surface area contributed by atoms with E-state index >= 15 is 0 Å². The van der Waals surface area contributed by atoms with E-state index in [0.717, 1.165) is 17.2 Å². The highest BCUT2D eigenvalue weighted by Crippen LogP contribution is 2.17. The summed E-state index contributed by atoms with van der Waals surface area (Å²) in [6.07, 6.45) is 0.715. The van der Waals surface area contributed by atoms with Gasteiger partial charge in [0.05, 0.1) is 0 Å². The second-order valence-corrected chi connectivity index (χ2v) is 5.10. The fraction of sp³-hybridized carbons (Fsp3) is 0.250. The van der Waals surface area contributed by atoms with Gasteiger partial charge in [0.2, 0.25) is 0 Å². The topological polar surface area (TPSA) is 35.2 Å². The number of hydrogen-bond acceptors (Lipinski definition) is 2. The Morgan fingerprint density at radius 2 is 1.68 bits per heavy atom. The minimum absolute atomic E-state index is 0.0455. The molecule has 0 aliphatic heterocycles. The third kappa shape index (κ3) is 4.27. The largest absolute Gasteiger partial charge is 0.488 e. The molecule has 2 atom stereocenters. The molecule has 0 spiro atoms. The van der Waals surface area contributed by atoms with Gasteiger partial charge in [-0.2, -0.15) is 0 Å². The molecule has 0 fully saturated rings. The van der Waals surface area contributed by atoms with Gasteiger partial charge in [0.15, 0.2) is 0 Å². The molecule has 2 N–H and O–H groups in total. The van der Waals surface area contributed by atoms with Crippen molar-refractivity contribution in [3.63, 3.8) is 0 Å². The molecule has 0 radical (unpaired) electrons. The van der Waals surface area contributed by atoms with E-state index in [1.54, 1.807) is 0 Å². The second kappa shape index (κ2) is 6.60. The van der Waals surface area contributed by atoms with E-state index in [9.17, 15) is 0 Å². The predicted molar refractivity (Wildman–Crippen MR) is 79.7 cm³/mol. The van der Waals surface area contributed by atoms with Crippen LogP contribution in [0, 0.1) is 0 Å². The molecule has 0 bridgehead atoms. The first-order valence-electron chi connectivity index (χ1n) is 6.37. The van der Waals surface area contributed by atoms with Crippen molar-refractivity contribution in [2.75, 3.05) is 0 Å². The molecule has 2 unspecified atom stereocenters. The summed E-state index contributed by atoms with van der Waals surface area (Å²) >= 11 is 5.88. The van der Waals surface area contributed by atoms with Gasteiger partial charge < -0.3 is 10.5 Å². The molecule has 0 aromatic heterocycles. The number of benzene rings is 2. The Balaban J connectivity index is 2.06. The second-order valence-electron chi connectivity index (χ2n) is 4.66. The van der Waals surface area contributed by atoms with E-state index in [4.69, 9.17) is 22.1 Å². The van der Waals surface area contributed by atoms with Crippen molar-refractivity contribution < 1.29 is 4.74 Å². The lowest BCUT2D eigenvalue weighted by Gasteiger charge is -2.22. The molecule has 2 nitrogen and oxygen atoms in total. The number of hydrogen-bond donors (Lipinski definition) is 1. The Morgan fingerprint density at radius 3 is 2.26 bits per heavy atom. The van der Waals surface area contributed by atoms with Gasteiger partial charge in [-0.25, -0.2) is 0 Å². The van der Waals surface area contributed by atoms with Gasteiger partial charge in [-0.1, -0.05) is 41.9 Å². The molecule has 100 valence electrons. The first-order valence-corrected chi connectivity index (χ1v) is 6.74. The van der Waals surface area contributed by atoms with Crippen molar-refractivity contribution in [1.29, 1.82) is 0 Å². The van der Waals surface area contributed by atoms with Crippen LogP contribution in [0.3, 0.4) is 0 Å². The average molecular weight is 276 g/mol. The zero-order chi connectivity index (χ0) is 13.7. The van der Waals surface area contributed by atoms with Gasteiger partial charge in [-0.3, -0.25) is 0 Å². The van der Waals surface area contributed by atoms with E-state index in [2.05, 4.69) is 0 Å². The molecule has 0 saturated carbocycles. The van der Waals surface area contributed by atoms with Gasteiger partial charge >= 0.3 is 0 Å². The van der Waals surface area contributed by atoms with Crippen LogP contribution in [0.2, 0.25) is 5.02 Å². The highest BCUT2D eigenvalue weighted by Gasteiger charge is 2.16. The van der Waals surface area contributed by atoms with Gasteiger partial charge in [0, 0.05) is 17.5 Å². The highest BCUT2D eigenvalue weighted by molar-refractivity contribution is 6.30. The minimum atomic E-state index is -0.0522. The van der Waals surface area contributed by atoms with Gasteiger partial charge in [-0.15, -0.1) is 0 Å². The summed E-state index contributed by atoms with van der Waals surface area (Å²) in [5.74, 6) is 0.846. The van der Waals surface area contributed by atoms with Gasteiger partial charge in [0.25, 0.3) is 0 Å². The molecule has 0 aliphatic carbocycles. The molecule has 2 rings (SSSR count). The van der Waals surface area contributed by atoms with Crippen LogP contribution in [0.5, 0.6) is 5.75 Å². The summed E-state index contributed by atoms with van der Waals surface area (Å²) < 4.78 is 5.95. The van der Waals surface area contributed by atoms with E-state index in [1.807, 2.05) is 61.5 Å². The predicted octanol–water partition coefficient (Wildman–Crippen LogP) is 3.68. The summed E-state index contributed by atoms with van der Waals surface area (Å²) in [7, 11) is 0. The molecule has 2 aromatic rings. The van der Waals surface area contributed by atoms with Crippen LogP contribution in [0.1, 0.15) is 12.5 Å². The summed E-state index contributed by atoms with van der Waals surface area (Å²) in [6.45, 7) is 1.96. The smallest absolute Gasteiger partial charge is 0.119 e. The molecule has 0 saturated heterocycles. The lowest BCUT2D eigenvalue weighted by atomic mass is 10.0. The Kier molecular flexibility index (Phi) is 4.83. The molecule has 0 heterocycles. The molecule has 0 aliphatic rings. The van der Waals surface area contributed by atoms with Gasteiger partial charge in [0.1, 0.15) is 11.9 Å². The fourth-order valence-corrected chi connectivity index (χ4v) is 1.99. The summed E-state index contributed by atoms with van der Waals surface area (Å²) in [4.78, 5) is 0. The third-order valence-electron chi connectivity index (χ3n) is 2.97. The van der Waals surface area contributed by atoms with Gasteiger partial charge in [-0.05, 0) is 36.8 Å². The molecule has 3 heteroatoms. The summed E-state index contributed by atoms with van der Waals surface area (Å²) in [5.41, 5.74) is 7.18. The Morgan fingerprint density at radius 1 is 1.05 bits per heavy atom. The van der Waals surface area contributed by atoms with Crippen molar-refractivity contribution in [3.05, 3.63) is 65.2 Å². The van der Waals surface area contributed by atoms with Crippen LogP contribution in [0.4, 0.5) is 0 Å². The van der Waals surface area contributed by atoms with Crippen LogP contribution in [-0.2, 0) is 6.42 Å². The van der Waals surface area contributed by atoms with E-state index in [1.165, 1.54) is 5.56 Å². The van der Waals surface area contributed by atoms with Crippen LogP contribution < -0.4 is 10.5 Å². The number of para-hydroxylation sites is 1. The SMILES string of the molecule is CC(N)C(Cc1ccc(Cl)cc1)Oc1ccccc1. The first kappa shape index (κ1) is 13.9. The number of halogens is 1. The lowest BCUT2D eigenvalue weighted by molar-refractivity contribution is 0.177. The number of nitrogens with two attached hydrogens (primary N) is 1. The van der Waals surface area contributed by atoms with Crippen LogP contribution >= 0.6 is 11.6 Å². The number of ether oxygens (including phenoxy) is 1. The maximum atomic E-state index is 6.01. The zero-order valence-corrected chi connectivity index (χ0v) is 11.7. The quantitative estimate of drug-likeness (QED) is 0.903. The molecule has 0 amide bonds. The molecule has 19 heavy (non-hydrogen) atoms. The van der Waals surface area contributed by atoms with Crippen molar-refractivity contribution in [3.8, 4) is 5.75 Å². The van der Waals surface area contributed by atoms with Crippen LogP contribution in [0.15, 0.2) is 54.6 Å². The van der Waals surface area contributed by atoms with Crippen molar-refractivity contribution in [2.45, 2.75) is 25.5 Å². The minimum Gasteiger partial charge on any atom is -0.488 e. The third-order valence-corrected chi connectivity index (χ3v) is 3.22. The van der Waals surface area contributed by atoms with E-state index in [-0.39, 0.29) is 12.1 Å². The van der Waals surface area contributed by atoms with Crippen molar-refractivity contribution in [1.82, 2.24) is 0 Å². The van der Waals surface area contributed by atoms with E-state index in [0.29, 0.717) is 0 Å². The molecule has 2 aromatic carbocycles.